The van der Waals surface area contributed by atoms with Crippen molar-refractivity contribution in [3.63, 3.8) is 0 Å². The van der Waals surface area contributed by atoms with Gasteiger partial charge in [-0.1, -0.05) is 0 Å². The monoisotopic (exact) mass is 196 g/mol. The van der Waals surface area contributed by atoms with Crippen molar-refractivity contribution in [2.24, 2.45) is 0 Å². The van der Waals surface area contributed by atoms with Gasteiger partial charge in [-0.3, -0.25) is 4.68 Å². The van der Waals surface area contributed by atoms with E-state index >= 15 is 0 Å². The first-order valence-electron chi connectivity index (χ1n) is 4.62. The van der Waals surface area contributed by atoms with E-state index in [0.717, 1.165) is 12.8 Å². The van der Waals surface area contributed by atoms with Gasteiger partial charge in [0.2, 0.25) is 0 Å². The van der Waals surface area contributed by atoms with Crippen molar-refractivity contribution < 1.29 is 15.0 Å². The van der Waals surface area contributed by atoms with Crippen molar-refractivity contribution in [3.05, 3.63) is 18.0 Å². The molecular formula is C9H12N2O3. The molecule has 2 atom stereocenters. The predicted octanol–water partition coefficient (Wildman–Crippen LogP) is 0.667. The molecule has 0 spiro atoms. The van der Waals surface area contributed by atoms with Crippen LogP contribution in [0.4, 0.5) is 0 Å². The topological polar surface area (TPSA) is 75.3 Å². The van der Waals surface area contributed by atoms with E-state index in [4.69, 9.17) is 5.11 Å². The van der Waals surface area contributed by atoms with Crippen LogP contribution in [0.25, 0.3) is 0 Å². The summed E-state index contributed by atoms with van der Waals surface area (Å²) >= 11 is 0. The van der Waals surface area contributed by atoms with Crippen LogP contribution in [0.1, 0.15) is 35.7 Å². The van der Waals surface area contributed by atoms with Gasteiger partial charge in [0.05, 0.1) is 23.9 Å². The molecule has 5 heteroatoms. The number of aromatic nitrogens is 2. The van der Waals surface area contributed by atoms with Gasteiger partial charge in [0.15, 0.2) is 0 Å². The molecule has 0 amide bonds. The van der Waals surface area contributed by atoms with E-state index in [1.807, 2.05) is 0 Å². The van der Waals surface area contributed by atoms with Crippen LogP contribution in [0.3, 0.4) is 0 Å². The maximum absolute atomic E-state index is 10.6. The van der Waals surface area contributed by atoms with E-state index < -0.39 is 5.97 Å². The Bertz CT molecular complexity index is 348. The predicted molar refractivity (Wildman–Crippen MR) is 48.1 cm³/mol. The fraction of sp³-hybridized carbons (Fsp3) is 0.556. The van der Waals surface area contributed by atoms with Crippen molar-refractivity contribution >= 4 is 5.97 Å². The third-order valence-electron chi connectivity index (χ3n) is 2.60. The second kappa shape index (κ2) is 3.42. The molecule has 76 valence electrons. The molecule has 14 heavy (non-hydrogen) atoms. The molecule has 2 N–H and O–H groups in total. The van der Waals surface area contributed by atoms with Crippen molar-refractivity contribution in [2.45, 2.75) is 31.4 Å². The summed E-state index contributed by atoms with van der Waals surface area (Å²) in [7, 11) is 0. The van der Waals surface area contributed by atoms with Crippen LogP contribution in [0.2, 0.25) is 0 Å². The highest BCUT2D eigenvalue weighted by atomic mass is 16.4. The van der Waals surface area contributed by atoms with Gasteiger partial charge in [0, 0.05) is 6.20 Å². The number of carboxylic acid groups (broad SMARTS) is 1. The van der Waals surface area contributed by atoms with Crippen molar-refractivity contribution in [1.82, 2.24) is 9.78 Å². The maximum atomic E-state index is 10.6. The number of nitrogens with zero attached hydrogens (tertiary/aromatic N) is 2. The van der Waals surface area contributed by atoms with Gasteiger partial charge in [-0.25, -0.2) is 4.79 Å². The number of carbonyl (C=O) groups is 1. The molecule has 0 aliphatic heterocycles. The Kier molecular flexibility index (Phi) is 2.25. The lowest BCUT2D eigenvalue weighted by Gasteiger charge is -2.08. The smallest absolute Gasteiger partial charge is 0.338 e. The summed E-state index contributed by atoms with van der Waals surface area (Å²) in [5.41, 5.74) is 0.200. The first-order chi connectivity index (χ1) is 6.66. The number of aromatic carboxylic acids is 1. The van der Waals surface area contributed by atoms with Gasteiger partial charge in [0.1, 0.15) is 0 Å². The first kappa shape index (κ1) is 9.21. The second-order valence-corrected chi connectivity index (χ2v) is 3.63. The fourth-order valence-corrected chi connectivity index (χ4v) is 1.82. The minimum Gasteiger partial charge on any atom is -0.478 e. The number of aliphatic hydroxyl groups is 1. The summed E-state index contributed by atoms with van der Waals surface area (Å²) in [6, 6.07) is 0.151. The van der Waals surface area contributed by atoms with Gasteiger partial charge < -0.3 is 10.2 Å². The molecule has 2 rings (SSSR count). The highest BCUT2D eigenvalue weighted by Gasteiger charge is 2.25. The number of aliphatic hydroxyl groups excluding tert-OH is 1. The summed E-state index contributed by atoms with van der Waals surface area (Å²) in [4.78, 5) is 10.6. The Morgan fingerprint density at radius 2 is 2.36 bits per heavy atom. The van der Waals surface area contributed by atoms with Crippen molar-refractivity contribution in [3.8, 4) is 0 Å². The highest BCUT2D eigenvalue weighted by molar-refractivity contribution is 5.86. The van der Waals surface area contributed by atoms with Crippen LogP contribution in [0, 0.1) is 0 Å². The average Bonchev–Trinajstić information content (AvgIpc) is 2.70. The molecule has 2 unspecified atom stereocenters. The van der Waals surface area contributed by atoms with E-state index in [1.165, 1.54) is 12.4 Å². The lowest BCUT2D eigenvalue weighted by atomic mass is 10.2. The molecule has 1 heterocycles. The van der Waals surface area contributed by atoms with Crippen LogP contribution in [-0.2, 0) is 0 Å². The van der Waals surface area contributed by atoms with Crippen molar-refractivity contribution in [1.29, 1.82) is 0 Å². The van der Waals surface area contributed by atoms with Crippen LogP contribution in [0.5, 0.6) is 0 Å². The Morgan fingerprint density at radius 1 is 1.57 bits per heavy atom. The zero-order chi connectivity index (χ0) is 10.1. The van der Waals surface area contributed by atoms with Gasteiger partial charge in [0.25, 0.3) is 0 Å². The largest absolute Gasteiger partial charge is 0.478 e. The third-order valence-corrected chi connectivity index (χ3v) is 2.60. The number of hydrogen-bond donors (Lipinski definition) is 2. The Hall–Kier alpha value is -1.36. The number of carboxylic acids is 1. The van der Waals surface area contributed by atoms with E-state index in [1.54, 1.807) is 4.68 Å². The fourth-order valence-electron chi connectivity index (χ4n) is 1.82. The molecule has 1 aromatic heterocycles. The van der Waals surface area contributed by atoms with Gasteiger partial charge >= 0.3 is 5.97 Å². The van der Waals surface area contributed by atoms with E-state index in [2.05, 4.69) is 5.10 Å². The molecule has 1 aliphatic carbocycles. The van der Waals surface area contributed by atoms with Crippen LogP contribution in [0.15, 0.2) is 12.4 Å². The first-order valence-corrected chi connectivity index (χ1v) is 4.62. The standard InChI is InChI=1S/C9H12N2O3/c12-8-2-1-7(3-8)11-5-6(4-10-11)9(13)14/h4-5,7-8,12H,1-3H2,(H,13,14). The molecule has 0 bridgehead atoms. The van der Waals surface area contributed by atoms with Crippen LogP contribution < -0.4 is 0 Å². The number of hydrogen-bond acceptors (Lipinski definition) is 3. The molecule has 0 saturated heterocycles. The maximum Gasteiger partial charge on any atom is 0.338 e. The van der Waals surface area contributed by atoms with Gasteiger partial charge in [-0.2, -0.15) is 5.10 Å². The molecular weight excluding hydrogens is 184 g/mol. The molecule has 1 aromatic rings. The lowest BCUT2D eigenvalue weighted by molar-refractivity contribution is 0.0696. The Labute approximate surface area is 81.0 Å². The quantitative estimate of drug-likeness (QED) is 0.728. The molecule has 1 saturated carbocycles. The summed E-state index contributed by atoms with van der Waals surface area (Å²) in [5, 5.41) is 22.0. The molecule has 5 nitrogen and oxygen atoms in total. The molecule has 0 aromatic carbocycles. The van der Waals surface area contributed by atoms with Crippen molar-refractivity contribution in [2.75, 3.05) is 0 Å². The Balaban J connectivity index is 2.13. The zero-order valence-electron chi connectivity index (χ0n) is 7.63. The van der Waals surface area contributed by atoms with E-state index in [9.17, 15) is 9.90 Å². The summed E-state index contributed by atoms with van der Waals surface area (Å²) in [6.45, 7) is 0. The zero-order valence-corrected chi connectivity index (χ0v) is 7.63. The highest BCUT2D eigenvalue weighted by Crippen LogP contribution is 2.29. The summed E-state index contributed by atoms with van der Waals surface area (Å²) in [5.74, 6) is -0.963. The molecule has 0 radical (unpaired) electrons. The SMILES string of the molecule is O=C(O)c1cnn(C2CCC(O)C2)c1. The lowest BCUT2D eigenvalue weighted by Crippen LogP contribution is -2.07. The van der Waals surface area contributed by atoms with Gasteiger partial charge in [-0.05, 0) is 19.3 Å². The van der Waals surface area contributed by atoms with Crippen LogP contribution >= 0.6 is 0 Å². The molecule has 1 fully saturated rings. The summed E-state index contributed by atoms with van der Waals surface area (Å²) in [6.07, 6.45) is 4.89. The average molecular weight is 196 g/mol. The minimum atomic E-state index is -0.963. The van der Waals surface area contributed by atoms with Crippen LogP contribution in [-0.4, -0.2) is 32.1 Å². The number of rotatable bonds is 2. The third kappa shape index (κ3) is 1.63. The minimum absolute atomic E-state index is 0.151. The molecule has 1 aliphatic rings. The normalized spacial score (nSPS) is 26.6. The summed E-state index contributed by atoms with van der Waals surface area (Å²) < 4.78 is 1.64. The Morgan fingerprint density at radius 3 is 2.86 bits per heavy atom. The second-order valence-electron chi connectivity index (χ2n) is 3.63. The van der Waals surface area contributed by atoms with Gasteiger partial charge in [-0.15, -0.1) is 0 Å². The van der Waals surface area contributed by atoms with E-state index in [0.29, 0.717) is 6.42 Å². The van der Waals surface area contributed by atoms with E-state index in [-0.39, 0.29) is 17.7 Å².